The van der Waals surface area contributed by atoms with Gasteiger partial charge in [0.15, 0.2) is 0 Å². The first-order valence-corrected chi connectivity index (χ1v) is 11.2. The third-order valence-electron chi connectivity index (χ3n) is 6.11. The van der Waals surface area contributed by atoms with E-state index >= 15 is 0 Å². The van der Waals surface area contributed by atoms with Crippen molar-refractivity contribution in [1.82, 2.24) is 14.9 Å². The molecule has 3 aromatic carbocycles. The Labute approximate surface area is 192 Å². The van der Waals surface area contributed by atoms with Gasteiger partial charge >= 0.3 is 0 Å². The van der Waals surface area contributed by atoms with Gasteiger partial charge < -0.3 is 15.3 Å². The highest BCUT2D eigenvalue weighted by molar-refractivity contribution is 5.96. The predicted molar refractivity (Wildman–Crippen MR) is 130 cm³/mol. The van der Waals surface area contributed by atoms with Crippen LogP contribution in [0.2, 0.25) is 0 Å². The van der Waals surface area contributed by atoms with Crippen LogP contribution in [0.4, 0.5) is 21.7 Å². The fraction of sp³-hybridized carbons (Fsp3) is 0.231. The fourth-order valence-electron chi connectivity index (χ4n) is 4.23. The minimum atomic E-state index is -0.190. The summed E-state index contributed by atoms with van der Waals surface area (Å²) in [5, 5.41) is 15.3. The van der Waals surface area contributed by atoms with Crippen molar-refractivity contribution in [3.05, 3.63) is 84.4 Å². The minimum absolute atomic E-state index is 0.190. The van der Waals surface area contributed by atoms with Crippen molar-refractivity contribution in [2.45, 2.75) is 6.42 Å². The minimum Gasteiger partial charge on any atom is -0.508 e. The molecule has 0 radical (unpaired) electrons. The number of nitrogens with one attached hydrogen (secondary N) is 1. The van der Waals surface area contributed by atoms with E-state index in [4.69, 9.17) is 0 Å². The van der Waals surface area contributed by atoms with Gasteiger partial charge in [-0.2, -0.15) is 0 Å². The molecule has 5 rings (SSSR count). The zero-order valence-electron chi connectivity index (χ0n) is 18.3. The first-order chi connectivity index (χ1) is 16.1. The van der Waals surface area contributed by atoms with E-state index < -0.39 is 0 Å². The van der Waals surface area contributed by atoms with Crippen molar-refractivity contribution in [2.75, 3.05) is 42.9 Å². The Hall–Kier alpha value is -3.71. The molecular weight excluding hydrogens is 417 g/mol. The first kappa shape index (κ1) is 21.2. The number of rotatable bonds is 6. The Balaban J connectivity index is 1.21. The average Bonchev–Trinajstić information content (AvgIpc) is 2.85. The normalized spacial score (nSPS) is 14.5. The lowest BCUT2D eigenvalue weighted by Crippen LogP contribution is -2.47. The van der Waals surface area contributed by atoms with Gasteiger partial charge in [0.1, 0.15) is 29.5 Å². The summed E-state index contributed by atoms with van der Waals surface area (Å²) in [7, 11) is 0. The molecule has 1 aliphatic rings. The lowest BCUT2D eigenvalue weighted by molar-refractivity contribution is 0.260. The van der Waals surface area contributed by atoms with Gasteiger partial charge in [0.05, 0.1) is 0 Å². The Kier molecular flexibility index (Phi) is 6.04. The second-order valence-electron chi connectivity index (χ2n) is 8.30. The number of hydrogen-bond donors (Lipinski definition) is 2. The van der Waals surface area contributed by atoms with Crippen LogP contribution in [0.1, 0.15) is 5.56 Å². The molecule has 2 heterocycles. The van der Waals surface area contributed by atoms with E-state index in [1.807, 2.05) is 42.5 Å². The molecule has 168 valence electrons. The number of piperazine rings is 1. The van der Waals surface area contributed by atoms with Crippen LogP contribution in [0.5, 0.6) is 5.75 Å². The van der Waals surface area contributed by atoms with Crippen LogP contribution in [0.3, 0.4) is 0 Å². The van der Waals surface area contributed by atoms with Crippen molar-refractivity contribution in [2.24, 2.45) is 0 Å². The molecule has 0 aliphatic carbocycles. The van der Waals surface area contributed by atoms with E-state index in [1.54, 1.807) is 18.5 Å². The SMILES string of the molecule is Oc1ccc2cccc(Nc3cc(N4CCN(CCc5ccc(F)cc5)CC4)ncn3)c2c1. The van der Waals surface area contributed by atoms with Gasteiger partial charge in [0.2, 0.25) is 0 Å². The van der Waals surface area contributed by atoms with E-state index in [0.29, 0.717) is 0 Å². The molecule has 4 aromatic rings. The van der Waals surface area contributed by atoms with Crippen molar-refractivity contribution in [1.29, 1.82) is 0 Å². The summed E-state index contributed by atoms with van der Waals surface area (Å²) in [5.41, 5.74) is 2.05. The summed E-state index contributed by atoms with van der Waals surface area (Å²) in [6.45, 7) is 4.65. The van der Waals surface area contributed by atoms with Crippen LogP contribution in [0, 0.1) is 5.82 Å². The average molecular weight is 444 g/mol. The summed E-state index contributed by atoms with van der Waals surface area (Å²) in [5.74, 6) is 1.66. The van der Waals surface area contributed by atoms with Crippen molar-refractivity contribution < 1.29 is 9.50 Å². The third-order valence-corrected chi connectivity index (χ3v) is 6.11. The second-order valence-corrected chi connectivity index (χ2v) is 8.30. The second kappa shape index (κ2) is 9.42. The van der Waals surface area contributed by atoms with Crippen LogP contribution in [-0.4, -0.2) is 52.7 Å². The van der Waals surface area contributed by atoms with Crippen molar-refractivity contribution >= 4 is 28.1 Å². The Morgan fingerprint density at radius 1 is 0.909 bits per heavy atom. The largest absolute Gasteiger partial charge is 0.508 e. The zero-order chi connectivity index (χ0) is 22.6. The van der Waals surface area contributed by atoms with Crippen LogP contribution in [0.25, 0.3) is 10.8 Å². The molecule has 1 saturated heterocycles. The van der Waals surface area contributed by atoms with Crippen LogP contribution < -0.4 is 10.2 Å². The van der Waals surface area contributed by atoms with E-state index in [9.17, 15) is 9.50 Å². The fourth-order valence-corrected chi connectivity index (χ4v) is 4.23. The summed E-state index contributed by atoms with van der Waals surface area (Å²) >= 11 is 0. The van der Waals surface area contributed by atoms with Crippen molar-refractivity contribution in [3.8, 4) is 5.75 Å². The summed E-state index contributed by atoms with van der Waals surface area (Å²) in [6.07, 6.45) is 2.50. The third kappa shape index (κ3) is 5.04. The summed E-state index contributed by atoms with van der Waals surface area (Å²) < 4.78 is 13.1. The number of halogens is 1. The van der Waals surface area contributed by atoms with Crippen LogP contribution in [-0.2, 0) is 6.42 Å². The molecule has 1 fully saturated rings. The van der Waals surface area contributed by atoms with Gasteiger partial charge in [0.25, 0.3) is 0 Å². The predicted octanol–water partition coefficient (Wildman–Crippen LogP) is 4.58. The number of aromatic nitrogens is 2. The number of aromatic hydroxyl groups is 1. The topological polar surface area (TPSA) is 64.5 Å². The van der Waals surface area contributed by atoms with Gasteiger partial charge in [-0.1, -0.05) is 30.3 Å². The highest BCUT2D eigenvalue weighted by Gasteiger charge is 2.18. The lowest BCUT2D eigenvalue weighted by atomic mass is 10.1. The number of phenols is 1. The molecule has 6 nitrogen and oxygen atoms in total. The highest BCUT2D eigenvalue weighted by Crippen LogP contribution is 2.29. The first-order valence-electron chi connectivity index (χ1n) is 11.2. The van der Waals surface area contributed by atoms with E-state index in [1.165, 1.54) is 12.1 Å². The summed E-state index contributed by atoms with van der Waals surface area (Å²) in [6, 6.07) is 20.0. The molecule has 1 aromatic heterocycles. The van der Waals surface area contributed by atoms with Crippen LogP contribution >= 0.6 is 0 Å². The maximum atomic E-state index is 13.1. The highest BCUT2D eigenvalue weighted by atomic mass is 19.1. The monoisotopic (exact) mass is 443 g/mol. The molecule has 0 amide bonds. The quantitative estimate of drug-likeness (QED) is 0.455. The number of benzene rings is 3. The molecule has 0 saturated carbocycles. The standard InChI is InChI=1S/C26H26FN5O/c27-21-7-4-19(5-8-21)10-11-31-12-14-32(15-13-31)26-17-25(28-18-29-26)30-24-3-1-2-20-6-9-22(33)16-23(20)24/h1-9,16-18,33H,10-15H2,(H,28,29,30). The van der Waals surface area contributed by atoms with Crippen molar-refractivity contribution in [3.63, 3.8) is 0 Å². The maximum absolute atomic E-state index is 13.1. The van der Waals surface area contributed by atoms with E-state index in [-0.39, 0.29) is 11.6 Å². The molecule has 0 spiro atoms. The van der Waals surface area contributed by atoms with E-state index in [0.717, 1.165) is 72.8 Å². The smallest absolute Gasteiger partial charge is 0.135 e. The number of nitrogens with zero attached hydrogens (tertiary/aromatic N) is 4. The summed E-state index contributed by atoms with van der Waals surface area (Å²) in [4.78, 5) is 13.6. The number of anilines is 3. The Bertz CT molecular complexity index is 1240. The van der Waals surface area contributed by atoms with Gasteiger partial charge in [-0.15, -0.1) is 0 Å². The van der Waals surface area contributed by atoms with E-state index in [2.05, 4.69) is 25.1 Å². The maximum Gasteiger partial charge on any atom is 0.135 e. The number of hydrogen-bond acceptors (Lipinski definition) is 6. The molecule has 0 atom stereocenters. The van der Waals surface area contributed by atoms with Gasteiger partial charge in [0, 0.05) is 49.9 Å². The number of fused-ring (bicyclic) bond motifs is 1. The Morgan fingerprint density at radius 2 is 1.73 bits per heavy atom. The molecule has 0 bridgehead atoms. The zero-order valence-corrected chi connectivity index (χ0v) is 18.3. The molecule has 2 N–H and O–H groups in total. The molecule has 7 heteroatoms. The number of phenolic OH excluding ortho intramolecular Hbond substituents is 1. The lowest BCUT2D eigenvalue weighted by Gasteiger charge is -2.35. The molecule has 1 aliphatic heterocycles. The van der Waals surface area contributed by atoms with Crippen LogP contribution in [0.15, 0.2) is 73.1 Å². The van der Waals surface area contributed by atoms with Gasteiger partial charge in [-0.25, -0.2) is 14.4 Å². The molecule has 33 heavy (non-hydrogen) atoms. The van der Waals surface area contributed by atoms with Gasteiger partial charge in [-0.05, 0) is 47.7 Å². The molecular formula is C26H26FN5O. The van der Waals surface area contributed by atoms with Gasteiger partial charge in [-0.3, -0.25) is 4.90 Å². The Morgan fingerprint density at radius 3 is 2.55 bits per heavy atom. The molecule has 0 unspecified atom stereocenters.